The number of nitrogens with one attached hydrogen (secondary N) is 2. The van der Waals surface area contributed by atoms with Crippen molar-refractivity contribution in [1.29, 1.82) is 4.78 Å². The van der Waals surface area contributed by atoms with Crippen LogP contribution in [0.3, 0.4) is 0 Å². The summed E-state index contributed by atoms with van der Waals surface area (Å²) in [5.41, 5.74) is 2.13. The monoisotopic (exact) mass is 545 g/mol. The number of halogens is 1. The number of amides is 2. The van der Waals surface area contributed by atoms with Crippen LogP contribution >= 0.6 is 0 Å². The van der Waals surface area contributed by atoms with E-state index in [9.17, 15) is 18.2 Å². The SMILES string of the molecule is CC[S@](=N)(=O)[C@H]1CO[C@@H](C(=O)N2CCc3ccccc3[C@@H]2c2ccc(F)cc2)C[C@@H]1NC(=O)OC(C)(C)C. The Labute approximate surface area is 223 Å². The molecule has 0 radical (unpaired) electrons. The van der Waals surface area contributed by atoms with Crippen molar-refractivity contribution in [2.75, 3.05) is 18.9 Å². The summed E-state index contributed by atoms with van der Waals surface area (Å²) < 4.78 is 46.5. The first-order chi connectivity index (χ1) is 17.9. The predicted octanol–water partition coefficient (Wildman–Crippen LogP) is 4.42. The molecule has 0 unspecified atom stereocenters. The first kappa shape index (κ1) is 28.0. The molecule has 206 valence electrons. The van der Waals surface area contributed by atoms with Crippen molar-refractivity contribution >= 4 is 21.7 Å². The van der Waals surface area contributed by atoms with Gasteiger partial charge in [-0.05, 0) is 56.0 Å². The largest absolute Gasteiger partial charge is 0.444 e. The van der Waals surface area contributed by atoms with E-state index >= 15 is 0 Å². The van der Waals surface area contributed by atoms with Gasteiger partial charge in [0.25, 0.3) is 5.91 Å². The summed E-state index contributed by atoms with van der Waals surface area (Å²) in [5.74, 6) is -0.526. The Balaban J connectivity index is 1.62. The van der Waals surface area contributed by atoms with E-state index in [0.29, 0.717) is 13.0 Å². The lowest BCUT2D eigenvalue weighted by Gasteiger charge is -2.42. The minimum atomic E-state index is -3.09. The number of ether oxygens (including phenoxy) is 2. The number of carbonyl (C=O) groups excluding carboxylic acids is 2. The van der Waals surface area contributed by atoms with Crippen LogP contribution < -0.4 is 5.32 Å². The molecule has 2 N–H and O–H groups in total. The highest BCUT2D eigenvalue weighted by Gasteiger charge is 2.44. The van der Waals surface area contributed by atoms with Crippen LogP contribution in [-0.4, -0.2) is 63.0 Å². The molecule has 0 bridgehead atoms. The highest BCUT2D eigenvalue weighted by Crippen LogP contribution is 2.37. The molecule has 8 nitrogen and oxygen atoms in total. The molecular weight excluding hydrogens is 509 g/mol. The zero-order valence-corrected chi connectivity index (χ0v) is 23.1. The zero-order chi connectivity index (χ0) is 27.7. The maximum absolute atomic E-state index is 14.0. The molecule has 38 heavy (non-hydrogen) atoms. The van der Waals surface area contributed by atoms with Gasteiger partial charge in [-0.25, -0.2) is 13.4 Å². The van der Waals surface area contributed by atoms with E-state index in [-0.39, 0.29) is 30.5 Å². The Hall–Kier alpha value is -2.98. The van der Waals surface area contributed by atoms with Gasteiger partial charge in [-0.2, -0.15) is 0 Å². The number of fused-ring (bicyclic) bond motifs is 1. The Morgan fingerprint density at radius 1 is 1.18 bits per heavy atom. The summed E-state index contributed by atoms with van der Waals surface area (Å²) >= 11 is 0. The minimum Gasteiger partial charge on any atom is -0.444 e. The number of nitrogens with zero attached hydrogens (tertiary/aromatic N) is 1. The Bertz CT molecular complexity index is 1280. The van der Waals surface area contributed by atoms with Gasteiger partial charge in [0.1, 0.15) is 17.5 Å². The van der Waals surface area contributed by atoms with Gasteiger partial charge in [0.05, 0.1) is 33.7 Å². The molecule has 1 saturated heterocycles. The zero-order valence-electron chi connectivity index (χ0n) is 22.2. The number of hydrogen-bond donors (Lipinski definition) is 2. The fraction of sp³-hybridized carbons (Fsp3) is 0.500. The number of carbonyl (C=O) groups is 2. The summed E-state index contributed by atoms with van der Waals surface area (Å²) in [6, 6.07) is 12.9. The summed E-state index contributed by atoms with van der Waals surface area (Å²) in [5, 5.41) is 1.99. The van der Waals surface area contributed by atoms with Crippen LogP contribution in [0, 0.1) is 10.6 Å². The van der Waals surface area contributed by atoms with Gasteiger partial charge in [-0.15, -0.1) is 0 Å². The van der Waals surface area contributed by atoms with E-state index < -0.39 is 44.9 Å². The Kier molecular flexibility index (Phi) is 8.13. The van der Waals surface area contributed by atoms with Crippen LogP contribution in [0.15, 0.2) is 48.5 Å². The molecular formula is C28H36FN3O5S. The molecule has 0 aliphatic carbocycles. The van der Waals surface area contributed by atoms with Gasteiger partial charge in [-0.1, -0.05) is 43.3 Å². The summed E-state index contributed by atoms with van der Waals surface area (Å²) in [7, 11) is -3.09. The molecule has 2 amide bonds. The third-order valence-electron chi connectivity index (χ3n) is 7.03. The minimum absolute atomic E-state index is 0.0624. The third kappa shape index (κ3) is 6.18. The molecule has 4 rings (SSSR count). The molecule has 0 spiro atoms. The quantitative estimate of drug-likeness (QED) is 0.578. The van der Waals surface area contributed by atoms with Crippen molar-refractivity contribution in [3.63, 3.8) is 0 Å². The van der Waals surface area contributed by atoms with Crippen molar-refractivity contribution in [2.45, 2.75) is 69.6 Å². The van der Waals surface area contributed by atoms with Crippen molar-refractivity contribution < 1.29 is 27.7 Å². The first-order valence-electron chi connectivity index (χ1n) is 12.9. The van der Waals surface area contributed by atoms with Crippen LogP contribution in [-0.2, 0) is 30.4 Å². The standard InChI is InChI=1S/C28H36FN3O5S/c1-5-38(30,35)24-17-36-23(16-22(24)31-27(34)37-28(2,3)4)26(33)32-15-14-18-8-6-7-9-21(18)25(32)19-10-12-20(29)13-11-19/h6-13,22-25,30H,5,14-17H2,1-4H3,(H,31,34)/t22-,23+,24-,25-,38-/m0/s1. The van der Waals surface area contributed by atoms with Gasteiger partial charge >= 0.3 is 6.09 Å². The maximum atomic E-state index is 14.0. The van der Waals surface area contributed by atoms with Gasteiger partial charge < -0.3 is 19.7 Å². The van der Waals surface area contributed by atoms with Gasteiger partial charge in [-0.3, -0.25) is 9.57 Å². The highest BCUT2D eigenvalue weighted by atomic mass is 32.2. The van der Waals surface area contributed by atoms with Crippen molar-refractivity contribution in [2.24, 2.45) is 0 Å². The van der Waals surface area contributed by atoms with E-state index in [4.69, 9.17) is 14.3 Å². The van der Waals surface area contributed by atoms with E-state index in [1.54, 1.807) is 44.7 Å². The fourth-order valence-corrected chi connectivity index (χ4v) is 6.58. The van der Waals surface area contributed by atoms with Crippen LogP contribution in [0.5, 0.6) is 0 Å². The van der Waals surface area contributed by atoms with Crippen LogP contribution in [0.2, 0.25) is 0 Å². The molecule has 2 aromatic rings. The molecule has 0 saturated carbocycles. The van der Waals surface area contributed by atoms with Crippen LogP contribution in [0.25, 0.3) is 0 Å². The average Bonchev–Trinajstić information content (AvgIpc) is 2.87. The summed E-state index contributed by atoms with van der Waals surface area (Å²) in [6.45, 7) is 7.22. The molecule has 2 aromatic carbocycles. The lowest BCUT2D eigenvalue weighted by molar-refractivity contribution is -0.149. The van der Waals surface area contributed by atoms with E-state index in [1.165, 1.54) is 12.1 Å². The number of rotatable bonds is 5. The first-order valence-corrected chi connectivity index (χ1v) is 14.7. The van der Waals surface area contributed by atoms with Crippen molar-refractivity contribution in [3.05, 3.63) is 71.0 Å². The summed E-state index contributed by atoms with van der Waals surface area (Å²) in [6.07, 6.45) is -0.882. The normalized spacial score (nSPS) is 25.1. The second-order valence-electron chi connectivity index (χ2n) is 10.8. The average molecular weight is 546 g/mol. The Morgan fingerprint density at radius 2 is 1.87 bits per heavy atom. The van der Waals surface area contributed by atoms with E-state index in [2.05, 4.69) is 5.32 Å². The topological polar surface area (TPSA) is 109 Å². The van der Waals surface area contributed by atoms with E-state index in [1.807, 2.05) is 24.3 Å². The van der Waals surface area contributed by atoms with Gasteiger partial charge in [0, 0.05) is 18.7 Å². The molecule has 0 aromatic heterocycles. The second-order valence-corrected chi connectivity index (χ2v) is 13.4. The van der Waals surface area contributed by atoms with E-state index in [0.717, 1.165) is 16.7 Å². The molecule has 5 atom stereocenters. The summed E-state index contributed by atoms with van der Waals surface area (Å²) in [4.78, 5) is 28.3. The lowest BCUT2D eigenvalue weighted by atomic mass is 9.87. The molecule has 2 aliphatic heterocycles. The van der Waals surface area contributed by atoms with Crippen molar-refractivity contribution in [3.8, 4) is 0 Å². The smallest absolute Gasteiger partial charge is 0.407 e. The lowest BCUT2D eigenvalue weighted by Crippen LogP contribution is -2.58. The highest BCUT2D eigenvalue weighted by molar-refractivity contribution is 7.93. The van der Waals surface area contributed by atoms with Gasteiger partial charge in [0.15, 0.2) is 0 Å². The van der Waals surface area contributed by atoms with Gasteiger partial charge in [0.2, 0.25) is 0 Å². The molecule has 10 heteroatoms. The third-order valence-corrected chi connectivity index (χ3v) is 9.33. The fourth-order valence-electron chi connectivity index (χ4n) is 5.14. The number of alkyl carbamates (subject to hydrolysis) is 1. The molecule has 1 fully saturated rings. The number of benzene rings is 2. The second kappa shape index (κ2) is 11.0. The predicted molar refractivity (Wildman–Crippen MR) is 143 cm³/mol. The van der Waals surface area contributed by atoms with Crippen LogP contribution in [0.4, 0.5) is 9.18 Å². The van der Waals surface area contributed by atoms with Crippen molar-refractivity contribution in [1.82, 2.24) is 10.2 Å². The number of hydrogen-bond acceptors (Lipinski definition) is 6. The molecule has 2 heterocycles. The van der Waals surface area contributed by atoms with Crippen LogP contribution in [0.1, 0.15) is 56.8 Å². The maximum Gasteiger partial charge on any atom is 0.407 e. The Morgan fingerprint density at radius 3 is 2.53 bits per heavy atom. The molecule has 2 aliphatic rings.